The van der Waals surface area contributed by atoms with Gasteiger partial charge in [0, 0.05) is 5.39 Å². The number of furan rings is 1. The third-order valence-electron chi connectivity index (χ3n) is 4.42. The highest BCUT2D eigenvalue weighted by molar-refractivity contribution is 5.92. The van der Waals surface area contributed by atoms with E-state index >= 15 is 0 Å². The molecule has 1 fully saturated rings. The molecule has 0 radical (unpaired) electrons. The zero-order valence-electron chi connectivity index (χ0n) is 11.1. The molecule has 3 nitrogen and oxygen atoms in total. The molecular weight excluding hydrogens is 240 g/mol. The average molecular weight is 258 g/mol. The average Bonchev–Trinajstić information content (AvgIpc) is 2.81. The Morgan fingerprint density at radius 3 is 2.68 bits per heavy atom. The Kier molecular flexibility index (Phi) is 2.85. The topological polar surface area (TPSA) is 50.4 Å². The van der Waals surface area contributed by atoms with Crippen LogP contribution in [0.1, 0.15) is 43.2 Å². The van der Waals surface area contributed by atoms with Gasteiger partial charge in [-0.1, -0.05) is 31.4 Å². The Bertz CT molecular complexity index is 618. The van der Waals surface area contributed by atoms with Crippen LogP contribution in [0.3, 0.4) is 0 Å². The number of carboxylic acids is 1. The molecule has 1 N–H and O–H groups in total. The first-order valence-electron chi connectivity index (χ1n) is 6.86. The van der Waals surface area contributed by atoms with E-state index in [-0.39, 0.29) is 0 Å². The van der Waals surface area contributed by atoms with Gasteiger partial charge in [-0.25, -0.2) is 0 Å². The van der Waals surface area contributed by atoms with Gasteiger partial charge in [-0.15, -0.1) is 0 Å². The predicted molar refractivity (Wildman–Crippen MR) is 73.3 cm³/mol. The molecule has 1 heterocycles. The molecule has 1 aromatic heterocycles. The van der Waals surface area contributed by atoms with Crippen molar-refractivity contribution in [1.82, 2.24) is 0 Å². The van der Waals surface area contributed by atoms with Crippen molar-refractivity contribution in [2.45, 2.75) is 44.4 Å². The second kappa shape index (κ2) is 4.41. The second-order valence-corrected chi connectivity index (χ2v) is 5.55. The molecule has 0 bridgehead atoms. The Labute approximate surface area is 112 Å². The molecule has 1 saturated carbocycles. The van der Waals surface area contributed by atoms with Gasteiger partial charge in [0.05, 0.1) is 11.7 Å². The summed E-state index contributed by atoms with van der Waals surface area (Å²) >= 11 is 0. The van der Waals surface area contributed by atoms with Crippen LogP contribution in [0.2, 0.25) is 0 Å². The standard InChI is InChI=1S/C16H18O3/c1-11-10-19-13-7-5-6-12(14(11)13)16(15(17)18)8-3-2-4-9-16/h5-7,10H,2-4,8-9H2,1H3,(H,17,18). The van der Waals surface area contributed by atoms with Crippen molar-refractivity contribution in [3.05, 3.63) is 35.6 Å². The fourth-order valence-electron chi connectivity index (χ4n) is 3.40. The molecule has 1 aliphatic carbocycles. The SMILES string of the molecule is Cc1coc2cccc(C3(C(=O)O)CCCCC3)c12. The molecule has 0 spiro atoms. The van der Waals surface area contributed by atoms with Gasteiger partial charge in [0.1, 0.15) is 5.58 Å². The zero-order chi connectivity index (χ0) is 13.5. The van der Waals surface area contributed by atoms with Crippen LogP contribution in [0, 0.1) is 6.92 Å². The predicted octanol–water partition coefficient (Wildman–Crippen LogP) is 4.03. The molecule has 1 aromatic carbocycles. The maximum absolute atomic E-state index is 11.9. The lowest BCUT2D eigenvalue weighted by Gasteiger charge is -2.34. The number of hydrogen-bond donors (Lipinski definition) is 1. The monoisotopic (exact) mass is 258 g/mol. The van der Waals surface area contributed by atoms with Crippen molar-refractivity contribution in [1.29, 1.82) is 0 Å². The Hall–Kier alpha value is -1.77. The van der Waals surface area contributed by atoms with Gasteiger partial charge in [0.15, 0.2) is 0 Å². The number of fused-ring (bicyclic) bond motifs is 1. The molecule has 0 aliphatic heterocycles. The summed E-state index contributed by atoms with van der Waals surface area (Å²) in [7, 11) is 0. The van der Waals surface area contributed by atoms with E-state index in [1.54, 1.807) is 6.26 Å². The first-order chi connectivity index (χ1) is 9.15. The normalized spacial score (nSPS) is 18.6. The first kappa shape index (κ1) is 12.3. The summed E-state index contributed by atoms with van der Waals surface area (Å²) in [4.78, 5) is 11.9. The minimum Gasteiger partial charge on any atom is -0.481 e. The number of hydrogen-bond acceptors (Lipinski definition) is 2. The summed E-state index contributed by atoms with van der Waals surface area (Å²) in [5.74, 6) is -0.694. The lowest BCUT2D eigenvalue weighted by atomic mass is 9.68. The third-order valence-corrected chi connectivity index (χ3v) is 4.42. The van der Waals surface area contributed by atoms with E-state index in [0.717, 1.165) is 54.2 Å². The number of aliphatic carboxylic acids is 1. The van der Waals surface area contributed by atoms with Crippen LogP contribution in [0.5, 0.6) is 0 Å². The van der Waals surface area contributed by atoms with Gasteiger partial charge in [-0.3, -0.25) is 4.79 Å². The number of benzene rings is 1. The van der Waals surface area contributed by atoms with Crippen molar-refractivity contribution < 1.29 is 14.3 Å². The van der Waals surface area contributed by atoms with Crippen molar-refractivity contribution in [2.75, 3.05) is 0 Å². The molecular formula is C16H18O3. The Morgan fingerprint density at radius 1 is 1.26 bits per heavy atom. The van der Waals surface area contributed by atoms with Crippen LogP contribution < -0.4 is 0 Å². The fourth-order valence-corrected chi connectivity index (χ4v) is 3.40. The first-order valence-corrected chi connectivity index (χ1v) is 6.86. The van der Waals surface area contributed by atoms with E-state index in [1.165, 1.54) is 0 Å². The molecule has 3 rings (SSSR count). The fraction of sp³-hybridized carbons (Fsp3) is 0.438. The van der Waals surface area contributed by atoms with E-state index in [9.17, 15) is 9.90 Å². The second-order valence-electron chi connectivity index (χ2n) is 5.55. The lowest BCUT2D eigenvalue weighted by molar-refractivity contribution is -0.145. The maximum atomic E-state index is 11.9. The summed E-state index contributed by atoms with van der Waals surface area (Å²) in [5.41, 5.74) is 2.02. The molecule has 0 saturated heterocycles. The number of carboxylic acid groups (broad SMARTS) is 1. The van der Waals surface area contributed by atoms with Gasteiger partial charge >= 0.3 is 5.97 Å². The summed E-state index contributed by atoms with van der Waals surface area (Å²) < 4.78 is 5.51. The molecule has 19 heavy (non-hydrogen) atoms. The molecule has 0 atom stereocenters. The summed E-state index contributed by atoms with van der Waals surface area (Å²) in [6, 6.07) is 5.77. The van der Waals surface area contributed by atoms with Crippen molar-refractivity contribution >= 4 is 16.9 Å². The van der Waals surface area contributed by atoms with Crippen LogP contribution >= 0.6 is 0 Å². The van der Waals surface area contributed by atoms with Crippen LogP contribution in [0.4, 0.5) is 0 Å². The number of aryl methyl sites for hydroxylation is 1. The van der Waals surface area contributed by atoms with Crippen LogP contribution in [0.25, 0.3) is 11.0 Å². The van der Waals surface area contributed by atoms with Gasteiger partial charge in [0.25, 0.3) is 0 Å². The van der Waals surface area contributed by atoms with Crippen LogP contribution in [-0.4, -0.2) is 11.1 Å². The molecule has 0 amide bonds. The largest absolute Gasteiger partial charge is 0.481 e. The molecule has 3 heteroatoms. The van der Waals surface area contributed by atoms with E-state index in [2.05, 4.69) is 0 Å². The summed E-state index contributed by atoms with van der Waals surface area (Å²) in [6.07, 6.45) is 6.28. The third kappa shape index (κ3) is 1.76. The zero-order valence-corrected chi connectivity index (χ0v) is 11.1. The smallest absolute Gasteiger partial charge is 0.314 e. The van der Waals surface area contributed by atoms with Gasteiger partial charge in [0.2, 0.25) is 0 Å². The van der Waals surface area contributed by atoms with Gasteiger partial charge < -0.3 is 9.52 Å². The van der Waals surface area contributed by atoms with Crippen LogP contribution in [0.15, 0.2) is 28.9 Å². The van der Waals surface area contributed by atoms with Gasteiger partial charge in [-0.2, -0.15) is 0 Å². The highest BCUT2D eigenvalue weighted by Crippen LogP contribution is 2.43. The molecule has 2 aromatic rings. The minimum absolute atomic E-state index is 0.694. The summed E-state index contributed by atoms with van der Waals surface area (Å²) in [5, 5.41) is 10.8. The Morgan fingerprint density at radius 2 is 2.00 bits per heavy atom. The van der Waals surface area contributed by atoms with Crippen molar-refractivity contribution in [3.63, 3.8) is 0 Å². The van der Waals surface area contributed by atoms with E-state index in [4.69, 9.17) is 4.42 Å². The number of rotatable bonds is 2. The quantitative estimate of drug-likeness (QED) is 0.884. The van der Waals surface area contributed by atoms with Gasteiger partial charge in [-0.05, 0) is 37.0 Å². The summed E-state index contributed by atoms with van der Waals surface area (Å²) in [6.45, 7) is 1.98. The maximum Gasteiger partial charge on any atom is 0.314 e. The van der Waals surface area contributed by atoms with Crippen molar-refractivity contribution in [3.8, 4) is 0 Å². The minimum atomic E-state index is -0.730. The van der Waals surface area contributed by atoms with E-state index < -0.39 is 11.4 Å². The van der Waals surface area contributed by atoms with Crippen LogP contribution in [-0.2, 0) is 10.2 Å². The number of carbonyl (C=O) groups is 1. The highest BCUT2D eigenvalue weighted by Gasteiger charge is 2.42. The van der Waals surface area contributed by atoms with Crippen molar-refractivity contribution in [2.24, 2.45) is 0 Å². The Balaban J connectivity index is 2.26. The van der Waals surface area contributed by atoms with E-state index in [0.29, 0.717) is 0 Å². The highest BCUT2D eigenvalue weighted by atomic mass is 16.4. The molecule has 100 valence electrons. The molecule has 1 aliphatic rings. The lowest BCUT2D eigenvalue weighted by Crippen LogP contribution is -2.38. The molecule has 0 unspecified atom stereocenters. The van der Waals surface area contributed by atoms with E-state index in [1.807, 2.05) is 25.1 Å².